The summed E-state index contributed by atoms with van der Waals surface area (Å²) in [6.07, 6.45) is 5.99. The van der Waals surface area contributed by atoms with Crippen LogP contribution in [0.15, 0.2) is 0 Å². The maximum atomic E-state index is 9.83. The van der Waals surface area contributed by atoms with Crippen molar-refractivity contribution < 1.29 is 9.84 Å². The van der Waals surface area contributed by atoms with Gasteiger partial charge in [0, 0.05) is 0 Å². The summed E-state index contributed by atoms with van der Waals surface area (Å²) in [5.41, 5.74) is 0.309. The molecule has 14 heavy (non-hydrogen) atoms. The molecular formula is C12H20O2. The second-order valence-electron chi connectivity index (χ2n) is 5.64. The SMILES string of the molecule is CC1C2CCC3(CO3)CC2CC[C@H]1O. The number of rotatable bonds is 0. The summed E-state index contributed by atoms with van der Waals surface area (Å²) in [7, 11) is 0. The second-order valence-corrected chi connectivity index (χ2v) is 5.64. The molecule has 3 rings (SSSR count). The lowest BCUT2D eigenvalue weighted by Gasteiger charge is -2.44. The fraction of sp³-hybridized carbons (Fsp3) is 1.00. The van der Waals surface area contributed by atoms with E-state index < -0.39 is 0 Å². The number of hydrogen-bond acceptors (Lipinski definition) is 2. The Hall–Kier alpha value is -0.0800. The van der Waals surface area contributed by atoms with Gasteiger partial charge in [-0.15, -0.1) is 0 Å². The third-order valence-corrected chi connectivity index (χ3v) is 4.84. The topological polar surface area (TPSA) is 32.8 Å². The van der Waals surface area contributed by atoms with E-state index in [1.54, 1.807) is 0 Å². The molecule has 3 fully saturated rings. The van der Waals surface area contributed by atoms with Gasteiger partial charge in [0.1, 0.15) is 0 Å². The quantitative estimate of drug-likeness (QED) is 0.601. The molecule has 1 heterocycles. The van der Waals surface area contributed by atoms with Crippen molar-refractivity contribution in [1.82, 2.24) is 0 Å². The molecule has 1 saturated heterocycles. The van der Waals surface area contributed by atoms with Gasteiger partial charge in [-0.2, -0.15) is 0 Å². The van der Waals surface area contributed by atoms with E-state index in [1.807, 2.05) is 0 Å². The summed E-state index contributed by atoms with van der Waals surface area (Å²) in [5.74, 6) is 2.13. The summed E-state index contributed by atoms with van der Waals surface area (Å²) in [6, 6.07) is 0. The van der Waals surface area contributed by atoms with E-state index >= 15 is 0 Å². The molecule has 0 radical (unpaired) electrons. The summed E-state index contributed by atoms with van der Waals surface area (Å²) in [6.45, 7) is 3.24. The molecule has 2 aliphatic carbocycles. The smallest absolute Gasteiger partial charge is 0.0919 e. The average Bonchev–Trinajstić information content (AvgIpc) is 2.92. The monoisotopic (exact) mass is 196 g/mol. The Balaban J connectivity index is 1.73. The van der Waals surface area contributed by atoms with Crippen molar-refractivity contribution in [2.75, 3.05) is 6.61 Å². The molecule has 0 aromatic heterocycles. The number of aliphatic hydroxyl groups is 1. The Kier molecular flexibility index (Phi) is 1.94. The van der Waals surface area contributed by atoms with Crippen LogP contribution in [0, 0.1) is 17.8 Å². The summed E-state index contributed by atoms with van der Waals surface area (Å²) in [4.78, 5) is 0. The molecule has 0 aromatic rings. The van der Waals surface area contributed by atoms with Crippen molar-refractivity contribution in [2.45, 2.75) is 50.7 Å². The fourth-order valence-electron chi connectivity index (χ4n) is 3.70. The summed E-state index contributed by atoms with van der Waals surface area (Å²) in [5, 5.41) is 9.83. The van der Waals surface area contributed by atoms with E-state index in [1.165, 1.54) is 25.7 Å². The van der Waals surface area contributed by atoms with Crippen molar-refractivity contribution in [1.29, 1.82) is 0 Å². The van der Waals surface area contributed by atoms with Crippen LogP contribution in [0.5, 0.6) is 0 Å². The third kappa shape index (κ3) is 1.31. The Labute approximate surface area is 85.6 Å². The minimum Gasteiger partial charge on any atom is -0.393 e. The maximum Gasteiger partial charge on any atom is 0.0919 e. The lowest BCUT2D eigenvalue weighted by molar-refractivity contribution is -0.0217. The van der Waals surface area contributed by atoms with Crippen LogP contribution in [0.1, 0.15) is 39.0 Å². The first kappa shape index (κ1) is 9.17. The van der Waals surface area contributed by atoms with Crippen molar-refractivity contribution in [3.8, 4) is 0 Å². The highest BCUT2D eigenvalue weighted by atomic mass is 16.6. The van der Waals surface area contributed by atoms with Gasteiger partial charge < -0.3 is 9.84 Å². The lowest BCUT2D eigenvalue weighted by atomic mass is 9.62. The van der Waals surface area contributed by atoms with Crippen molar-refractivity contribution >= 4 is 0 Å². The van der Waals surface area contributed by atoms with Gasteiger partial charge in [-0.3, -0.25) is 0 Å². The van der Waals surface area contributed by atoms with Gasteiger partial charge in [0.15, 0.2) is 0 Å². The molecule has 1 aliphatic heterocycles. The minimum absolute atomic E-state index is 0.0366. The zero-order valence-corrected chi connectivity index (χ0v) is 8.91. The van der Waals surface area contributed by atoms with Crippen molar-refractivity contribution in [3.05, 3.63) is 0 Å². The predicted octanol–water partition coefficient (Wildman–Crippen LogP) is 1.96. The van der Waals surface area contributed by atoms with Crippen molar-refractivity contribution in [2.24, 2.45) is 17.8 Å². The molecule has 0 bridgehead atoms. The normalized spacial score (nSPS) is 57.0. The molecular weight excluding hydrogens is 176 g/mol. The van der Waals surface area contributed by atoms with Gasteiger partial charge in [-0.05, 0) is 49.9 Å². The zero-order chi connectivity index (χ0) is 9.76. The first-order valence-corrected chi connectivity index (χ1v) is 6.02. The fourth-order valence-corrected chi connectivity index (χ4v) is 3.70. The van der Waals surface area contributed by atoms with Gasteiger partial charge in [-0.1, -0.05) is 6.92 Å². The van der Waals surface area contributed by atoms with Gasteiger partial charge in [0.2, 0.25) is 0 Å². The second kappa shape index (κ2) is 2.96. The summed E-state index contributed by atoms with van der Waals surface area (Å²) < 4.78 is 5.59. The first-order valence-electron chi connectivity index (χ1n) is 6.02. The van der Waals surface area contributed by atoms with Crippen LogP contribution in [0.4, 0.5) is 0 Å². The minimum atomic E-state index is -0.0366. The molecule has 80 valence electrons. The Morgan fingerprint density at radius 3 is 2.79 bits per heavy atom. The van der Waals surface area contributed by atoms with Crippen LogP contribution >= 0.6 is 0 Å². The number of epoxide rings is 1. The van der Waals surface area contributed by atoms with Crippen LogP contribution in [0.25, 0.3) is 0 Å². The molecule has 1 N–H and O–H groups in total. The van der Waals surface area contributed by atoms with E-state index in [4.69, 9.17) is 4.74 Å². The highest BCUT2D eigenvalue weighted by molar-refractivity contribution is 5.02. The van der Waals surface area contributed by atoms with E-state index in [2.05, 4.69) is 6.92 Å². The highest BCUT2D eigenvalue weighted by Gasteiger charge is 2.52. The van der Waals surface area contributed by atoms with Crippen LogP contribution < -0.4 is 0 Å². The third-order valence-electron chi connectivity index (χ3n) is 4.84. The summed E-state index contributed by atoms with van der Waals surface area (Å²) >= 11 is 0. The number of aliphatic hydroxyl groups excluding tert-OH is 1. The van der Waals surface area contributed by atoms with Gasteiger partial charge in [0.25, 0.3) is 0 Å². The van der Waals surface area contributed by atoms with Crippen molar-refractivity contribution in [3.63, 3.8) is 0 Å². The lowest BCUT2D eigenvalue weighted by Crippen LogP contribution is -2.41. The Bertz CT molecular complexity index is 234. The molecule has 2 heteroatoms. The predicted molar refractivity (Wildman–Crippen MR) is 53.9 cm³/mol. The largest absolute Gasteiger partial charge is 0.393 e. The molecule has 1 spiro atoms. The molecule has 5 atom stereocenters. The van der Waals surface area contributed by atoms with E-state index in [0.29, 0.717) is 11.5 Å². The van der Waals surface area contributed by atoms with Crippen LogP contribution in [0.2, 0.25) is 0 Å². The molecule has 4 unspecified atom stereocenters. The van der Waals surface area contributed by atoms with Crippen LogP contribution in [0.3, 0.4) is 0 Å². The molecule has 0 amide bonds. The van der Waals surface area contributed by atoms with E-state index in [-0.39, 0.29) is 6.10 Å². The van der Waals surface area contributed by atoms with E-state index in [9.17, 15) is 5.11 Å². The first-order chi connectivity index (χ1) is 6.70. The molecule has 2 nitrogen and oxygen atoms in total. The molecule has 3 aliphatic rings. The maximum absolute atomic E-state index is 9.83. The van der Waals surface area contributed by atoms with Gasteiger partial charge in [0.05, 0.1) is 18.3 Å². The zero-order valence-electron chi connectivity index (χ0n) is 8.91. The Morgan fingerprint density at radius 2 is 2.07 bits per heavy atom. The van der Waals surface area contributed by atoms with Gasteiger partial charge in [-0.25, -0.2) is 0 Å². The number of ether oxygens (including phenoxy) is 1. The van der Waals surface area contributed by atoms with Crippen LogP contribution in [-0.4, -0.2) is 23.4 Å². The van der Waals surface area contributed by atoms with E-state index in [0.717, 1.165) is 24.9 Å². The molecule has 0 aromatic carbocycles. The highest BCUT2D eigenvalue weighted by Crippen LogP contribution is 2.52. The van der Waals surface area contributed by atoms with Crippen LogP contribution in [-0.2, 0) is 4.74 Å². The number of fused-ring (bicyclic) bond motifs is 1. The molecule has 2 saturated carbocycles. The average molecular weight is 196 g/mol. The standard InChI is InChI=1S/C12H20O2/c1-8-10-4-5-12(7-14-12)6-9(10)2-3-11(8)13/h8-11,13H,2-7H2,1H3/t8?,9?,10?,11-,12?/m1/s1. The Morgan fingerprint density at radius 1 is 1.29 bits per heavy atom. The number of hydrogen-bond donors (Lipinski definition) is 1. The van der Waals surface area contributed by atoms with Gasteiger partial charge >= 0.3 is 0 Å².